The number of nitrogens with two attached hydrogens (primary N) is 3. The van der Waals surface area contributed by atoms with Crippen LogP contribution in [0.1, 0.15) is 13.8 Å². The molecule has 0 saturated carbocycles. The van der Waals surface area contributed by atoms with Gasteiger partial charge in [-0.25, -0.2) is 0 Å². The van der Waals surface area contributed by atoms with Crippen LogP contribution in [0.25, 0.3) is 0 Å². The lowest BCUT2D eigenvalue weighted by Crippen LogP contribution is -2.49. The SMILES string of the molecule is CC(C)C(C(=O)N(CC(N)=O)CC(N)=O)C(N)=S. The minimum atomic E-state index is -0.751. The minimum absolute atomic E-state index is 0.00828. The predicted molar refractivity (Wildman–Crippen MR) is 70.1 cm³/mol. The molecule has 3 amide bonds. The first-order valence-electron chi connectivity index (χ1n) is 5.31. The molecule has 0 heterocycles. The van der Waals surface area contributed by atoms with Crippen LogP contribution in [0.4, 0.5) is 0 Å². The fraction of sp³-hybridized carbons (Fsp3) is 0.600. The van der Waals surface area contributed by atoms with Gasteiger partial charge in [0.1, 0.15) is 0 Å². The van der Waals surface area contributed by atoms with Crippen LogP contribution in [0.5, 0.6) is 0 Å². The zero-order valence-electron chi connectivity index (χ0n) is 10.4. The standard InChI is InChI=1S/C10H18N4O3S/c1-5(2)8(9(13)18)10(17)14(3-6(11)15)4-7(12)16/h5,8H,3-4H2,1-2H3,(H2,11,15)(H2,12,16)(H2,13,18). The number of carbonyl (C=O) groups excluding carboxylic acids is 3. The van der Waals surface area contributed by atoms with Gasteiger partial charge in [-0.2, -0.15) is 0 Å². The number of hydrogen-bond acceptors (Lipinski definition) is 4. The molecule has 6 N–H and O–H groups in total. The molecule has 0 bridgehead atoms. The Hall–Kier alpha value is -1.70. The van der Waals surface area contributed by atoms with Gasteiger partial charge < -0.3 is 22.1 Å². The van der Waals surface area contributed by atoms with Crippen LogP contribution in [0.3, 0.4) is 0 Å². The van der Waals surface area contributed by atoms with E-state index in [-0.39, 0.29) is 10.9 Å². The maximum atomic E-state index is 12.1. The molecule has 0 aromatic heterocycles. The summed E-state index contributed by atoms with van der Waals surface area (Å²) in [6.45, 7) is 2.73. The van der Waals surface area contributed by atoms with Crippen LogP contribution in [0.2, 0.25) is 0 Å². The lowest BCUT2D eigenvalue weighted by atomic mass is 9.94. The van der Waals surface area contributed by atoms with Crippen molar-refractivity contribution in [2.24, 2.45) is 29.0 Å². The molecule has 0 aliphatic heterocycles. The van der Waals surface area contributed by atoms with Crippen molar-refractivity contribution in [3.63, 3.8) is 0 Å². The second kappa shape index (κ2) is 6.90. The summed E-state index contributed by atoms with van der Waals surface area (Å²) >= 11 is 4.81. The van der Waals surface area contributed by atoms with E-state index in [4.69, 9.17) is 29.4 Å². The second-order valence-corrected chi connectivity index (χ2v) is 4.72. The molecule has 0 aromatic rings. The van der Waals surface area contributed by atoms with Crippen molar-refractivity contribution >= 4 is 34.9 Å². The molecule has 18 heavy (non-hydrogen) atoms. The van der Waals surface area contributed by atoms with Gasteiger partial charge in [0, 0.05) is 0 Å². The molecule has 0 spiro atoms. The average molecular weight is 274 g/mol. The van der Waals surface area contributed by atoms with E-state index in [9.17, 15) is 14.4 Å². The smallest absolute Gasteiger partial charge is 0.237 e. The van der Waals surface area contributed by atoms with Gasteiger partial charge in [-0.3, -0.25) is 14.4 Å². The predicted octanol–water partition coefficient (Wildman–Crippen LogP) is -1.66. The summed E-state index contributed by atoms with van der Waals surface area (Å²) in [4.78, 5) is 34.9. The third-order valence-electron chi connectivity index (χ3n) is 2.24. The van der Waals surface area contributed by atoms with E-state index in [0.717, 1.165) is 4.90 Å². The molecular weight excluding hydrogens is 256 g/mol. The molecule has 0 aliphatic rings. The second-order valence-electron chi connectivity index (χ2n) is 4.25. The molecule has 0 aliphatic carbocycles. The fourth-order valence-electron chi connectivity index (χ4n) is 1.52. The van der Waals surface area contributed by atoms with Crippen molar-refractivity contribution in [2.75, 3.05) is 13.1 Å². The van der Waals surface area contributed by atoms with Gasteiger partial charge in [0.05, 0.1) is 24.0 Å². The Kier molecular flexibility index (Phi) is 6.24. The molecule has 0 fully saturated rings. The van der Waals surface area contributed by atoms with E-state index in [1.807, 2.05) is 0 Å². The van der Waals surface area contributed by atoms with Crippen LogP contribution in [0, 0.1) is 11.8 Å². The Morgan fingerprint density at radius 1 is 1.06 bits per heavy atom. The maximum absolute atomic E-state index is 12.1. The average Bonchev–Trinajstić information content (AvgIpc) is 2.13. The summed E-state index contributed by atoms with van der Waals surface area (Å²) in [6.07, 6.45) is 0. The van der Waals surface area contributed by atoms with E-state index in [1.54, 1.807) is 13.8 Å². The normalized spacial score (nSPS) is 11.9. The van der Waals surface area contributed by atoms with Gasteiger partial charge in [0.15, 0.2) is 0 Å². The number of thiocarbonyl (C=S) groups is 1. The van der Waals surface area contributed by atoms with Crippen molar-refractivity contribution in [3.8, 4) is 0 Å². The highest BCUT2D eigenvalue weighted by Crippen LogP contribution is 2.14. The first-order valence-corrected chi connectivity index (χ1v) is 5.72. The van der Waals surface area contributed by atoms with Crippen LogP contribution in [-0.2, 0) is 14.4 Å². The first-order chi connectivity index (χ1) is 8.16. The quantitative estimate of drug-likeness (QED) is 0.478. The summed E-state index contributed by atoms with van der Waals surface area (Å²) in [6, 6.07) is 0. The lowest BCUT2D eigenvalue weighted by Gasteiger charge is -2.26. The van der Waals surface area contributed by atoms with Gasteiger partial charge >= 0.3 is 0 Å². The lowest BCUT2D eigenvalue weighted by molar-refractivity contribution is -0.140. The zero-order chi connectivity index (χ0) is 14.5. The molecule has 0 rings (SSSR count). The van der Waals surface area contributed by atoms with Crippen molar-refractivity contribution in [3.05, 3.63) is 0 Å². The zero-order valence-corrected chi connectivity index (χ0v) is 11.2. The number of rotatable bonds is 7. The molecule has 7 nitrogen and oxygen atoms in total. The molecule has 0 saturated heterocycles. The van der Waals surface area contributed by atoms with Gasteiger partial charge in [-0.1, -0.05) is 26.1 Å². The summed E-state index contributed by atoms with van der Waals surface area (Å²) in [7, 11) is 0. The number of nitrogens with zero attached hydrogens (tertiary/aromatic N) is 1. The summed E-state index contributed by atoms with van der Waals surface area (Å²) in [5, 5.41) is 0. The fourth-order valence-corrected chi connectivity index (χ4v) is 1.89. The van der Waals surface area contributed by atoms with Crippen molar-refractivity contribution < 1.29 is 14.4 Å². The Morgan fingerprint density at radius 2 is 1.44 bits per heavy atom. The molecule has 0 aromatic carbocycles. The van der Waals surface area contributed by atoms with Crippen molar-refractivity contribution in [1.82, 2.24) is 4.90 Å². The van der Waals surface area contributed by atoms with E-state index in [1.165, 1.54) is 0 Å². The third-order valence-corrected chi connectivity index (χ3v) is 2.50. The molecule has 0 radical (unpaired) electrons. The monoisotopic (exact) mass is 274 g/mol. The van der Waals surface area contributed by atoms with Gasteiger partial charge in [-0.15, -0.1) is 0 Å². The van der Waals surface area contributed by atoms with E-state index in [2.05, 4.69) is 0 Å². The largest absolute Gasteiger partial charge is 0.393 e. The Bertz CT molecular complexity index is 354. The van der Waals surface area contributed by atoms with E-state index >= 15 is 0 Å². The van der Waals surface area contributed by atoms with Crippen molar-refractivity contribution in [2.45, 2.75) is 13.8 Å². The van der Waals surface area contributed by atoms with E-state index in [0.29, 0.717) is 0 Å². The summed E-state index contributed by atoms with van der Waals surface area (Å²) in [5.74, 6) is -2.91. The summed E-state index contributed by atoms with van der Waals surface area (Å²) in [5.41, 5.74) is 15.5. The Balaban J connectivity index is 5.07. The maximum Gasteiger partial charge on any atom is 0.237 e. The van der Waals surface area contributed by atoms with Gasteiger partial charge in [-0.05, 0) is 5.92 Å². The highest BCUT2D eigenvalue weighted by molar-refractivity contribution is 7.80. The molecule has 1 unspecified atom stereocenters. The highest BCUT2D eigenvalue weighted by atomic mass is 32.1. The topological polar surface area (TPSA) is 133 Å². The number of primary amides is 2. The van der Waals surface area contributed by atoms with Gasteiger partial charge in [0.25, 0.3) is 0 Å². The third kappa shape index (κ3) is 5.09. The van der Waals surface area contributed by atoms with Crippen LogP contribution in [0.15, 0.2) is 0 Å². The number of carbonyl (C=O) groups is 3. The van der Waals surface area contributed by atoms with Crippen molar-refractivity contribution in [1.29, 1.82) is 0 Å². The summed E-state index contributed by atoms with van der Waals surface area (Å²) < 4.78 is 0. The Labute approximate surface area is 111 Å². The molecule has 8 heteroatoms. The van der Waals surface area contributed by atoms with Gasteiger partial charge in [0.2, 0.25) is 17.7 Å². The number of amides is 3. The minimum Gasteiger partial charge on any atom is -0.393 e. The first kappa shape index (κ1) is 16.3. The highest BCUT2D eigenvalue weighted by Gasteiger charge is 2.30. The number of hydrogen-bond donors (Lipinski definition) is 3. The van der Waals surface area contributed by atoms with E-state index < -0.39 is 36.7 Å². The molecular formula is C10H18N4O3S. The van der Waals surface area contributed by atoms with Crippen LogP contribution in [-0.4, -0.2) is 40.7 Å². The molecule has 1 atom stereocenters. The van der Waals surface area contributed by atoms with Crippen LogP contribution < -0.4 is 17.2 Å². The van der Waals surface area contributed by atoms with Crippen LogP contribution >= 0.6 is 12.2 Å². The molecule has 102 valence electrons. The Morgan fingerprint density at radius 3 is 1.67 bits per heavy atom.